The van der Waals surface area contributed by atoms with Gasteiger partial charge in [0.05, 0.1) is 6.04 Å². The second-order valence-corrected chi connectivity index (χ2v) is 8.70. The van der Waals surface area contributed by atoms with Crippen LogP contribution >= 0.6 is 11.3 Å². The van der Waals surface area contributed by atoms with Crippen molar-refractivity contribution in [2.45, 2.75) is 51.0 Å². The molecule has 0 amide bonds. The Balaban J connectivity index is 1.63. The molecule has 1 atom stereocenters. The zero-order valence-corrected chi connectivity index (χ0v) is 18.4. The molecule has 1 fully saturated rings. The Morgan fingerprint density at radius 3 is 2.56 bits per heavy atom. The predicted molar refractivity (Wildman–Crippen MR) is 119 cm³/mol. The molecule has 0 aliphatic carbocycles. The minimum Gasteiger partial charge on any atom is -0.356 e. The van der Waals surface area contributed by atoms with Crippen molar-refractivity contribution in [2.24, 2.45) is 4.99 Å². The summed E-state index contributed by atoms with van der Waals surface area (Å²) in [5, 5.41) is 9.23. The number of guanidine groups is 1. The van der Waals surface area contributed by atoms with E-state index in [1.807, 2.05) is 18.4 Å². The Bertz CT molecular complexity index is 509. The Morgan fingerprint density at radius 1 is 1.15 bits per heavy atom. The van der Waals surface area contributed by atoms with Gasteiger partial charge >= 0.3 is 0 Å². The summed E-state index contributed by atoms with van der Waals surface area (Å²) in [6.45, 7) is 5.55. The van der Waals surface area contributed by atoms with Crippen LogP contribution in [0, 0.1) is 0 Å². The highest BCUT2D eigenvalue weighted by Crippen LogP contribution is 2.27. The zero-order chi connectivity index (χ0) is 19.3. The van der Waals surface area contributed by atoms with Crippen molar-refractivity contribution in [2.75, 3.05) is 53.9 Å². The number of nitrogens with one attached hydrogen (secondary N) is 2. The van der Waals surface area contributed by atoms with Gasteiger partial charge in [0.25, 0.3) is 0 Å². The molecule has 0 spiro atoms. The number of rotatable bonds is 12. The van der Waals surface area contributed by atoms with Gasteiger partial charge in [0.1, 0.15) is 0 Å². The molecule has 5 nitrogen and oxygen atoms in total. The number of aliphatic imine (C=N–C) groups is 1. The second-order valence-electron chi connectivity index (χ2n) is 7.73. The molecule has 1 unspecified atom stereocenters. The van der Waals surface area contributed by atoms with Gasteiger partial charge < -0.3 is 15.5 Å². The van der Waals surface area contributed by atoms with Crippen LogP contribution in [0.25, 0.3) is 0 Å². The van der Waals surface area contributed by atoms with Gasteiger partial charge in [0.2, 0.25) is 0 Å². The molecule has 1 aliphatic heterocycles. The molecule has 2 rings (SSSR count). The van der Waals surface area contributed by atoms with E-state index in [0.29, 0.717) is 6.04 Å². The summed E-state index contributed by atoms with van der Waals surface area (Å²) >= 11 is 1.86. The molecule has 27 heavy (non-hydrogen) atoms. The van der Waals surface area contributed by atoms with Crippen molar-refractivity contribution in [1.82, 2.24) is 20.4 Å². The van der Waals surface area contributed by atoms with Gasteiger partial charge in [-0.15, -0.1) is 11.3 Å². The Morgan fingerprint density at radius 2 is 1.89 bits per heavy atom. The summed E-state index contributed by atoms with van der Waals surface area (Å²) in [5.74, 6) is 0.934. The number of likely N-dealkylation sites (tertiary alicyclic amines) is 1. The third kappa shape index (κ3) is 8.62. The maximum absolute atomic E-state index is 4.41. The van der Waals surface area contributed by atoms with Gasteiger partial charge in [-0.3, -0.25) is 9.89 Å². The van der Waals surface area contributed by atoms with Crippen LogP contribution in [0.2, 0.25) is 0 Å². The predicted octanol–water partition coefficient (Wildman–Crippen LogP) is 3.56. The molecule has 154 valence electrons. The van der Waals surface area contributed by atoms with Gasteiger partial charge in [-0.25, -0.2) is 0 Å². The van der Waals surface area contributed by atoms with Crippen LogP contribution in [-0.4, -0.2) is 69.6 Å². The van der Waals surface area contributed by atoms with E-state index < -0.39 is 0 Å². The van der Waals surface area contributed by atoms with E-state index in [1.54, 1.807) is 0 Å². The number of hydrogen-bond acceptors (Lipinski definition) is 4. The van der Waals surface area contributed by atoms with Crippen molar-refractivity contribution >= 4 is 17.3 Å². The summed E-state index contributed by atoms with van der Waals surface area (Å²) in [7, 11) is 6.16. The number of hydrogen-bond donors (Lipinski definition) is 2. The Kier molecular flexibility index (Phi) is 10.8. The van der Waals surface area contributed by atoms with E-state index in [9.17, 15) is 0 Å². The summed E-state index contributed by atoms with van der Waals surface area (Å²) in [4.78, 5) is 10.7. The molecule has 6 heteroatoms. The van der Waals surface area contributed by atoms with Crippen LogP contribution in [0.5, 0.6) is 0 Å². The number of thiophene rings is 1. The fraction of sp³-hybridized carbons (Fsp3) is 0.762. The lowest BCUT2D eigenvalue weighted by Crippen LogP contribution is -2.42. The van der Waals surface area contributed by atoms with Gasteiger partial charge in [0.15, 0.2) is 5.96 Å². The fourth-order valence-electron chi connectivity index (χ4n) is 3.65. The molecule has 0 radical (unpaired) electrons. The SMILES string of the molecule is CN=C(NCCCCCCCN(C)C)NCC(c1cccs1)N1CCCC1. The third-order valence-corrected chi connectivity index (χ3v) is 6.19. The topological polar surface area (TPSA) is 42.9 Å². The Hall–Kier alpha value is -1.11. The van der Waals surface area contributed by atoms with Gasteiger partial charge in [-0.2, -0.15) is 0 Å². The molecule has 0 aromatic carbocycles. The standard InChI is InChI=1S/C21H39N5S/c1-22-21(23-13-7-5-4-6-8-14-25(2)3)24-18-19(20-12-11-17-27-20)26-15-9-10-16-26/h11-12,17,19H,4-10,13-16,18H2,1-3H3,(H2,22,23,24). The molecule has 2 heterocycles. The average Bonchev–Trinajstić information content (AvgIpc) is 3.36. The highest BCUT2D eigenvalue weighted by atomic mass is 32.1. The van der Waals surface area contributed by atoms with Gasteiger partial charge in [-0.1, -0.05) is 25.3 Å². The molecule has 1 saturated heterocycles. The molecular weight excluding hydrogens is 354 g/mol. The number of unbranched alkanes of at least 4 members (excludes halogenated alkanes) is 4. The van der Waals surface area contributed by atoms with Crippen molar-refractivity contribution in [3.05, 3.63) is 22.4 Å². The molecular formula is C21H39N5S. The summed E-state index contributed by atoms with van der Waals surface area (Å²) < 4.78 is 0. The normalized spacial score (nSPS) is 16.8. The minimum atomic E-state index is 0.461. The number of nitrogens with zero attached hydrogens (tertiary/aromatic N) is 3. The first-order valence-electron chi connectivity index (χ1n) is 10.6. The van der Waals surface area contributed by atoms with Crippen LogP contribution in [0.1, 0.15) is 55.9 Å². The summed E-state index contributed by atoms with van der Waals surface area (Å²) in [6.07, 6.45) is 9.13. The van der Waals surface area contributed by atoms with Crippen molar-refractivity contribution in [1.29, 1.82) is 0 Å². The lowest BCUT2D eigenvalue weighted by molar-refractivity contribution is 0.249. The van der Waals surface area contributed by atoms with Gasteiger partial charge in [-0.05, 0) is 70.9 Å². The third-order valence-electron chi connectivity index (χ3n) is 5.21. The quantitative estimate of drug-likeness (QED) is 0.324. The fourth-order valence-corrected chi connectivity index (χ4v) is 4.51. The van der Waals surface area contributed by atoms with Crippen molar-refractivity contribution < 1.29 is 0 Å². The molecule has 1 aromatic rings. The van der Waals surface area contributed by atoms with Gasteiger partial charge in [0, 0.05) is 25.0 Å². The van der Waals surface area contributed by atoms with Crippen LogP contribution in [0.15, 0.2) is 22.5 Å². The smallest absolute Gasteiger partial charge is 0.191 e. The van der Waals surface area contributed by atoms with Crippen molar-refractivity contribution in [3.8, 4) is 0 Å². The highest BCUT2D eigenvalue weighted by Gasteiger charge is 2.24. The van der Waals surface area contributed by atoms with Crippen LogP contribution in [0.4, 0.5) is 0 Å². The molecule has 0 saturated carbocycles. The molecule has 2 N–H and O–H groups in total. The Labute approximate surface area is 170 Å². The van der Waals surface area contributed by atoms with E-state index in [4.69, 9.17) is 0 Å². The minimum absolute atomic E-state index is 0.461. The lowest BCUT2D eigenvalue weighted by atomic mass is 10.1. The first kappa shape index (κ1) is 22.2. The largest absolute Gasteiger partial charge is 0.356 e. The average molecular weight is 394 g/mol. The van der Waals surface area contributed by atoms with E-state index in [-0.39, 0.29) is 0 Å². The van der Waals surface area contributed by atoms with E-state index in [2.05, 4.69) is 57.0 Å². The highest BCUT2D eigenvalue weighted by molar-refractivity contribution is 7.10. The first-order chi connectivity index (χ1) is 13.2. The van der Waals surface area contributed by atoms with E-state index in [0.717, 1.165) is 19.0 Å². The van der Waals surface area contributed by atoms with Crippen LogP contribution < -0.4 is 10.6 Å². The maximum atomic E-state index is 4.41. The van der Waals surface area contributed by atoms with Crippen molar-refractivity contribution in [3.63, 3.8) is 0 Å². The molecule has 1 aliphatic rings. The summed E-state index contributed by atoms with van der Waals surface area (Å²) in [6, 6.07) is 4.89. The summed E-state index contributed by atoms with van der Waals surface area (Å²) in [5.41, 5.74) is 0. The van der Waals surface area contributed by atoms with E-state index in [1.165, 1.54) is 69.5 Å². The molecule has 0 bridgehead atoms. The first-order valence-corrected chi connectivity index (χ1v) is 11.5. The van der Waals surface area contributed by atoms with Crippen LogP contribution in [-0.2, 0) is 0 Å². The monoisotopic (exact) mass is 393 g/mol. The zero-order valence-electron chi connectivity index (χ0n) is 17.5. The molecule has 1 aromatic heterocycles. The maximum Gasteiger partial charge on any atom is 0.191 e. The second kappa shape index (κ2) is 13.1. The lowest BCUT2D eigenvalue weighted by Gasteiger charge is -2.27. The van der Waals surface area contributed by atoms with Crippen LogP contribution in [0.3, 0.4) is 0 Å². The van der Waals surface area contributed by atoms with E-state index >= 15 is 0 Å².